The molecule has 0 bridgehead atoms. The molecule has 0 fully saturated rings. The lowest BCUT2D eigenvalue weighted by Crippen LogP contribution is -2.34. The average Bonchev–Trinajstić information content (AvgIpc) is 2.35. The predicted octanol–water partition coefficient (Wildman–Crippen LogP) is 1.72. The minimum Gasteiger partial charge on any atom is -0.502 e. The number of hydrogen-bond acceptors (Lipinski definition) is 6. The van der Waals surface area contributed by atoms with Gasteiger partial charge in [0.05, 0.1) is 9.82 Å². The van der Waals surface area contributed by atoms with E-state index in [9.17, 15) is 23.6 Å². The third-order valence-electron chi connectivity index (χ3n) is 2.38. The monoisotopic (exact) mass is 320 g/mol. The lowest BCUT2D eigenvalue weighted by Gasteiger charge is -2.13. The van der Waals surface area contributed by atoms with Crippen LogP contribution in [0.1, 0.15) is 13.8 Å². The van der Waals surface area contributed by atoms with Crippen LogP contribution in [0.2, 0.25) is 0 Å². The Hall–Kier alpha value is -1.32. The summed E-state index contributed by atoms with van der Waals surface area (Å²) in [4.78, 5) is 9.62. The normalized spacial score (nSPS) is 13.1. The molecule has 7 nitrogen and oxygen atoms in total. The topological polar surface area (TPSA) is 110 Å². The summed E-state index contributed by atoms with van der Waals surface area (Å²) in [6.07, 6.45) is 0. The van der Waals surface area contributed by atoms with E-state index in [2.05, 4.69) is 4.72 Å². The van der Waals surface area contributed by atoms with Gasteiger partial charge in [0.2, 0.25) is 10.0 Å². The highest BCUT2D eigenvalue weighted by atomic mass is 32.2. The van der Waals surface area contributed by atoms with Crippen molar-refractivity contribution in [2.45, 2.75) is 24.8 Å². The summed E-state index contributed by atoms with van der Waals surface area (Å²) in [6, 6.07) is 2.68. The smallest absolute Gasteiger partial charge is 0.312 e. The number of phenolic OH excluding ortho intramolecular Hbond substituents is 1. The van der Waals surface area contributed by atoms with Crippen molar-refractivity contribution in [3.63, 3.8) is 0 Å². The molecule has 0 heterocycles. The molecule has 0 aliphatic heterocycles. The molecule has 0 aliphatic carbocycles. The van der Waals surface area contributed by atoms with Gasteiger partial charge in [0, 0.05) is 17.9 Å². The van der Waals surface area contributed by atoms with Crippen molar-refractivity contribution in [2.24, 2.45) is 0 Å². The second-order valence-electron chi connectivity index (χ2n) is 4.09. The van der Waals surface area contributed by atoms with Crippen molar-refractivity contribution < 1.29 is 18.4 Å². The Bertz CT molecular complexity index is 588. The highest BCUT2D eigenvalue weighted by molar-refractivity contribution is 7.99. The molecule has 1 aromatic rings. The van der Waals surface area contributed by atoms with Crippen LogP contribution < -0.4 is 4.72 Å². The molecule has 0 saturated heterocycles. The first-order chi connectivity index (χ1) is 9.27. The van der Waals surface area contributed by atoms with E-state index >= 15 is 0 Å². The number of aromatic hydroxyl groups is 1. The van der Waals surface area contributed by atoms with Gasteiger partial charge >= 0.3 is 5.69 Å². The molecule has 1 rings (SSSR count). The van der Waals surface area contributed by atoms with E-state index < -0.39 is 26.4 Å². The van der Waals surface area contributed by atoms with Crippen molar-refractivity contribution in [2.75, 3.05) is 11.5 Å². The molecule has 0 aliphatic rings. The number of sulfonamides is 1. The van der Waals surface area contributed by atoms with Crippen molar-refractivity contribution in [3.05, 3.63) is 28.3 Å². The van der Waals surface area contributed by atoms with Crippen LogP contribution in [0.3, 0.4) is 0 Å². The lowest BCUT2D eigenvalue weighted by molar-refractivity contribution is -0.386. The number of nitro benzene ring substituents is 1. The number of nitrogens with one attached hydrogen (secondary N) is 1. The van der Waals surface area contributed by atoms with Gasteiger partial charge in [-0.05, 0) is 24.8 Å². The molecule has 0 amide bonds. The van der Waals surface area contributed by atoms with Crippen molar-refractivity contribution in [3.8, 4) is 5.75 Å². The van der Waals surface area contributed by atoms with Crippen LogP contribution in [0.4, 0.5) is 5.69 Å². The van der Waals surface area contributed by atoms with Crippen LogP contribution in [-0.4, -0.2) is 36.0 Å². The number of thioether (sulfide) groups is 1. The average molecular weight is 320 g/mol. The molecule has 0 saturated carbocycles. The Balaban J connectivity index is 2.98. The van der Waals surface area contributed by atoms with Gasteiger partial charge in [-0.25, -0.2) is 13.1 Å². The minimum absolute atomic E-state index is 0.240. The molecule has 112 valence electrons. The van der Waals surface area contributed by atoms with Crippen molar-refractivity contribution in [1.82, 2.24) is 4.72 Å². The van der Waals surface area contributed by atoms with Crippen molar-refractivity contribution in [1.29, 1.82) is 0 Å². The summed E-state index contributed by atoms with van der Waals surface area (Å²) < 4.78 is 26.6. The van der Waals surface area contributed by atoms with Crippen LogP contribution >= 0.6 is 11.8 Å². The Labute approximate surface area is 121 Å². The summed E-state index contributed by atoms with van der Waals surface area (Å²) in [5.74, 6) is 0.913. The zero-order valence-corrected chi connectivity index (χ0v) is 12.7. The van der Waals surface area contributed by atoms with Crippen LogP contribution in [0.15, 0.2) is 23.1 Å². The molecule has 20 heavy (non-hydrogen) atoms. The fraction of sp³-hybridized carbons (Fsp3) is 0.455. The zero-order chi connectivity index (χ0) is 15.3. The SMILES string of the molecule is CCSCC(C)NS(=O)(=O)c1ccc(O)c([N+](=O)[O-])c1. The summed E-state index contributed by atoms with van der Waals surface area (Å²) >= 11 is 1.59. The number of rotatable bonds is 7. The summed E-state index contributed by atoms with van der Waals surface area (Å²) in [6.45, 7) is 3.68. The maximum absolute atomic E-state index is 12.1. The van der Waals surface area contributed by atoms with E-state index in [0.717, 1.165) is 24.0 Å². The Kier molecular flexibility index (Phi) is 5.78. The molecule has 2 N–H and O–H groups in total. The fourth-order valence-corrected chi connectivity index (χ4v) is 3.52. The lowest BCUT2D eigenvalue weighted by atomic mass is 10.3. The largest absolute Gasteiger partial charge is 0.502 e. The second kappa shape index (κ2) is 6.91. The molecule has 0 radical (unpaired) electrons. The van der Waals surface area contributed by atoms with Crippen LogP contribution in [0.5, 0.6) is 5.75 Å². The molecule has 1 unspecified atom stereocenters. The van der Waals surface area contributed by atoms with Crippen LogP contribution in [0.25, 0.3) is 0 Å². The Morgan fingerprint density at radius 3 is 2.70 bits per heavy atom. The van der Waals surface area contributed by atoms with E-state index in [1.807, 2.05) is 6.92 Å². The molecule has 9 heteroatoms. The van der Waals surface area contributed by atoms with Gasteiger partial charge in [-0.2, -0.15) is 11.8 Å². The third kappa shape index (κ3) is 4.36. The summed E-state index contributed by atoms with van der Waals surface area (Å²) in [5.41, 5.74) is -0.636. The zero-order valence-electron chi connectivity index (χ0n) is 11.1. The molecule has 1 atom stereocenters. The maximum atomic E-state index is 12.1. The van der Waals surface area contributed by atoms with Gasteiger partial charge < -0.3 is 5.11 Å². The van der Waals surface area contributed by atoms with E-state index in [1.54, 1.807) is 18.7 Å². The number of nitro groups is 1. The quantitative estimate of drug-likeness (QED) is 0.585. The van der Waals surface area contributed by atoms with Gasteiger partial charge in [0.25, 0.3) is 0 Å². The van der Waals surface area contributed by atoms with E-state index in [4.69, 9.17) is 0 Å². The molecular formula is C11H16N2O5S2. The van der Waals surface area contributed by atoms with Crippen molar-refractivity contribution >= 4 is 27.5 Å². The summed E-state index contributed by atoms with van der Waals surface area (Å²) in [5, 5.41) is 20.0. The summed E-state index contributed by atoms with van der Waals surface area (Å²) in [7, 11) is -3.84. The first-order valence-corrected chi connectivity index (χ1v) is 8.49. The van der Waals surface area contributed by atoms with Gasteiger partial charge in [-0.1, -0.05) is 6.92 Å². The van der Waals surface area contributed by atoms with Gasteiger partial charge in [0.1, 0.15) is 0 Å². The molecule has 1 aromatic carbocycles. The first kappa shape index (κ1) is 16.7. The Morgan fingerprint density at radius 2 is 2.15 bits per heavy atom. The molecular weight excluding hydrogens is 304 g/mol. The number of phenols is 1. The van der Waals surface area contributed by atoms with E-state index in [1.165, 1.54) is 0 Å². The van der Waals surface area contributed by atoms with Gasteiger partial charge in [-0.3, -0.25) is 10.1 Å². The highest BCUT2D eigenvalue weighted by Gasteiger charge is 2.22. The Morgan fingerprint density at radius 1 is 1.50 bits per heavy atom. The van der Waals surface area contributed by atoms with E-state index in [-0.39, 0.29) is 10.9 Å². The van der Waals surface area contributed by atoms with Crippen LogP contribution in [0, 0.1) is 10.1 Å². The number of benzene rings is 1. The maximum Gasteiger partial charge on any atom is 0.312 e. The highest BCUT2D eigenvalue weighted by Crippen LogP contribution is 2.28. The fourth-order valence-electron chi connectivity index (χ4n) is 1.48. The number of hydrogen-bond donors (Lipinski definition) is 2. The van der Waals surface area contributed by atoms with Gasteiger partial charge in [-0.15, -0.1) is 0 Å². The standard InChI is InChI=1S/C11H16N2O5S2/c1-3-19-7-8(2)12-20(17,18)9-4-5-11(14)10(6-9)13(15)16/h4-6,8,12,14H,3,7H2,1-2H3. The third-order valence-corrected chi connectivity index (χ3v) is 5.11. The predicted molar refractivity (Wildman–Crippen MR) is 77.5 cm³/mol. The number of nitrogens with zero attached hydrogens (tertiary/aromatic N) is 1. The minimum atomic E-state index is -3.84. The van der Waals surface area contributed by atoms with Crippen LogP contribution in [-0.2, 0) is 10.0 Å². The second-order valence-corrected chi connectivity index (χ2v) is 7.12. The molecule has 0 spiro atoms. The molecule has 0 aromatic heterocycles. The van der Waals surface area contributed by atoms with E-state index in [0.29, 0.717) is 5.75 Å². The van der Waals surface area contributed by atoms with Gasteiger partial charge in [0.15, 0.2) is 5.75 Å². The first-order valence-electron chi connectivity index (χ1n) is 5.85.